The van der Waals surface area contributed by atoms with Crippen LogP contribution in [0.4, 0.5) is 0 Å². The van der Waals surface area contributed by atoms with Crippen LogP contribution in [0.1, 0.15) is 93.7 Å². The van der Waals surface area contributed by atoms with Crippen LogP contribution in [0.25, 0.3) is 0 Å². The molecular formula is C30H50N2. The van der Waals surface area contributed by atoms with Crippen molar-refractivity contribution in [1.82, 2.24) is 0 Å². The van der Waals surface area contributed by atoms with Gasteiger partial charge in [0.15, 0.2) is 0 Å². The number of nitrogens with two attached hydrogens (primary N) is 2. The predicted molar refractivity (Wildman–Crippen MR) is 147 cm³/mol. The molecule has 32 heavy (non-hydrogen) atoms. The molecule has 180 valence electrons. The fourth-order valence-electron chi connectivity index (χ4n) is 3.27. The normalized spacial score (nSPS) is 11.4. The lowest BCUT2D eigenvalue weighted by molar-refractivity contribution is 0.772. The van der Waals surface area contributed by atoms with Gasteiger partial charge in [-0.3, -0.25) is 0 Å². The zero-order chi connectivity index (χ0) is 25.1. The maximum atomic E-state index is 5.44. The van der Waals surface area contributed by atoms with E-state index in [0.29, 0.717) is 5.92 Å². The van der Waals surface area contributed by atoms with Gasteiger partial charge in [0.05, 0.1) is 0 Å². The zero-order valence-electron chi connectivity index (χ0n) is 22.5. The quantitative estimate of drug-likeness (QED) is 0.475. The molecule has 0 radical (unpaired) electrons. The Morgan fingerprint density at radius 1 is 0.844 bits per heavy atom. The zero-order valence-corrected chi connectivity index (χ0v) is 22.5. The van der Waals surface area contributed by atoms with Crippen molar-refractivity contribution in [3.8, 4) is 0 Å². The Hall–Kier alpha value is -2.48. The molecule has 0 aromatic heterocycles. The molecule has 0 saturated carbocycles. The Kier molecular flexibility index (Phi) is 19.0. The molecule has 1 atom stereocenters. The SMILES string of the molecule is CC.CC.CC(=CN)CCc1cc(C)ccc1C.Cc1ccc(C(C)C/C=C/N)c(C)c1. The van der Waals surface area contributed by atoms with Crippen LogP contribution < -0.4 is 11.5 Å². The van der Waals surface area contributed by atoms with Gasteiger partial charge >= 0.3 is 0 Å². The fourth-order valence-corrected chi connectivity index (χ4v) is 3.27. The molecule has 2 nitrogen and oxygen atoms in total. The lowest BCUT2D eigenvalue weighted by atomic mass is 9.93. The second-order valence-electron chi connectivity index (χ2n) is 7.87. The molecule has 0 fully saturated rings. The standard InChI is InChI=1S/2C13H19N.2C2H6/c1-10-4-6-12(3)13(8-10)7-5-11(2)9-14;1-10-6-7-13(12(3)9-10)11(2)5-4-8-14;2*1-2/h4,6,8-9H,5,7,14H2,1-3H3;4,6-9,11H,5,14H2,1-3H3;2*1-2H3/b;8-4+;;. The minimum atomic E-state index is 0.551. The van der Waals surface area contributed by atoms with Crippen molar-refractivity contribution in [3.05, 3.63) is 93.8 Å². The number of benzene rings is 2. The van der Waals surface area contributed by atoms with E-state index in [1.807, 2.05) is 33.8 Å². The maximum Gasteiger partial charge on any atom is -0.00732 e. The van der Waals surface area contributed by atoms with Gasteiger partial charge in [0.1, 0.15) is 0 Å². The van der Waals surface area contributed by atoms with Crippen LogP contribution >= 0.6 is 0 Å². The van der Waals surface area contributed by atoms with E-state index in [-0.39, 0.29) is 0 Å². The van der Waals surface area contributed by atoms with Gasteiger partial charge in [0.2, 0.25) is 0 Å². The van der Waals surface area contributed by atoms with Crippen molar-refractivity contribution < 1.29 is 0 Å². The van der Waals surface area contributed by atoms with E-state index in [2.05, 4.69) is 77.9 Å². The number of hydrogen-bond donors (Lipinski definition) is 2. The third kappa shape index (κ3) is 13.0. The lowest BCUT2D eigenvalue weighted by Crippen LogP contribution is -1.96. The van der Waals surface area contributed by atoms with E-state index < -0.39 is 0 Å². The molecule has 0 heterocycles. The molecule has 0 saturated heterocycles. The number of aryl methyl sites for hydroxylation is 5. The lowest BCUT2D eigenvalue weighted by Gasteiger charge is -2.13. The summed E-state index contributed by atoms with van der Waals surface area (Å²) in [5.41, 5.74) is 20.3. The summed E-state index contributed by atoms with van der Waals surface area (Å²) < 4.78 is 0. The van der Waals surface area contributed by atoms with Crippen molar-refractivity contribution in [1.29, 1.82) is 0 Å². The summed E-state index contributed by atoms with van der Waals surface area (Å²) in [5, 5.41) is 0. The molecule has 1 unspecified atom stereocenters. The third-order valence-electron chi connectivity index (χ3n) is 5.16. The van der Waals surface area contributed by atoms with Gasteiger partial charge in [-0.1, -0.05) is 93.8 Å². The van der Waals surface area contributed by atoms with E-state index in [9.17, 15) is 0 Å². The second kappa shape index (κ2) is 19.2. The predicted octanol–water partition coefficient (Wildman–Crippen LogP) is 8.42. The first kappa shape index (κ1) is 31.7. The van der Waals surface area contributed by atoms with Crippen molar-refractivity contribution >= 4 is 0 Å². The van der Waals surface area contributed by atoms with E-state index in [4.69, 9.17) is 11.5 Å². The summed E-state index contributed by atoms with van der Waals surface area (Å²) in [6.45, 7) is 20.9. The maximum absolute atomic E-state index is 5.44. The van der Waals surface area contributed by atoms with E-state index in [1.54, 1.807) is 12.4 Å². The summed E-state index contributed by atoms with van der Waals surface area (Å²) in [5.74, 6) is 0.551. The molecule has 2 rings (SSSR count). The largest absolute Gasteiger partial charge is 0.405 e. The van der Waals surface area contributed by atoms with Crippen LogP contribution in [0, 0.1) is 27.7 Å². The molecular weight excluding hydrogens is 388 g/mol. The molecule has 0 aliphatic carbocycles. The Balaban J connectivity index is 0. The number of allylic oxidation sites excluding steroid dienone is 2. The highest BCUT2D eigenvalue weighted by Gasteiger charge is 2.06. The summed E-state index contributed by atoms with van der Waals surface area (Å²) in [6.07, 6.45) is 8.50. The molecule has 0 spiro atoms. The average Bonchev–Trinajstić information content (AvgIpc) is 2.80. The van der Waals surface area contributed by atoms with Crippen LogP contribution in [0.15, 0.2) is 60.4 Å². The summed E-state index contributed by atoms with van der Waals surface area (Å²) >= 11 is 0. The van der Waals surface area contributed by atoms with Crippen LogP contribution in [-0.4, -0.2) is 0 Å². The van der Waals surface area contributed by atoms with Crippen LogP contribution in [0.3, 0.4) is 0 Å². The van der Waals surface area contributed by atoms with E-state index >= 15 is 0 Å². The molecule has 2 aromatic carbocycles. The second-order valence-corrected chi connectivity index (χ2v) is 7.87. The van der Waals surface area contributed by atoms with Crippen molar-refractivity contribution in [3.63, 3.8) is 0 Å². The minimum Gasteiger partial charge on any atom is -0.405 e. The van der Waals surface area contributed by atoms with E-state index in [0.717, 1.165) is 19.3 Å². The van der Waals surface area contributed by atoms with Gasteiger partial charge in [-0.05, 0) is 94.5 Å². The molecule has 0 amide bonds. The first-order valence-corrected chi connectivity index (χ1v) is 12.2. The Morgan fingerprint density at radius 3 is 1.94 bits per heavy atom. The fraction of sp³-hybridized carbons (Fsp3) is 0.467. The number of hydrogen-bond acceptors (Lipinski definition) is 2. The highest BCUT2D eigenvalue weighted by Crippen LogP contribution is 2.23. The van der Waals surface area contributed by atoms with Crippen LogP contribution in [0.5, 0.6) is 0 Å². The summed E-state index contributed by atoms with van der Waals surface area (Å²) in [7, 11) is 0. The monoisotopic (exact) mass is 438 g/mol. The smallest absolute Gasteiger partial charge is 0.00732 e. The topological polar surface area (TPSA) is 52.0 Å². The number of rotatable bonds is 6. The van der Waals surface area contributed by atoms with Crippen molar-refractivity contribution in [2.45, 2.75) is 94.4 Å². The Labute approximate surface area is 199 Å². The van der Waals surface area contributed by atoms with Gasteiger partial charge < -0.3 is 11.5 Å². The van der Waals surface area contributed by atoms with Crippen LogP contribution in [0.2, 0.25) is 0 Å². The molecule has 0 aliphatic rings. The van der Waals surface area contributed by atoms with Gasteiger partial charge in [-0.2, -0.15) is 0 Å². The van der Waals surface area contributed by atoms with Gasteiger partial charge in [0, 0.05) is 0 Å². The van der Waals surface area contributed by atoms with Gasteiger partial charge in [-0.25, -0.2) is 0 Å². The van der Waals surface area contributed by atoms with Crippen molar-refractivity contribution in [2.75, 3.05) is 0 Å². The summed E-state index contributed by atoms with van der Waals surface area (Å²) in [4.78, 5) is 0. The van der Waals surface area contributed by atoms with Crippen molar-refractivity contribution in [2.24, 2.45) is 11.5 Å². The first-order valence-electron chi connectivity index (χ1n) is 12.2. The summed E-state index contributed by atoms with van der Waals surface area (Å²) in [6, 6.07) is 13.2. The van der Waals surface area contributed by atoms with Crippen LogP contribution in [-0.2, 0) is 6.42 Å². The average molecular weight is 439 g/mol. The first-order chi connectivity index (χ1) is 15.3. The molecule has 0 aliphatic heterocycles. The Bertz CT molecular complexity index is 800. The van der Waals surface area contributed by atoms with Gasteiger partial charge in [0.25, 0.3) is 0 Å². The van der Waals surface area contributed by atoms with Gasteiger partial charge in [-0.15, -0.1) is 0 Å². The Morgan fingerprint density at radius 2 is 1.41 bits per heavy atom. The molecule has 2 heteroatoms. The highest BCUT2D eigenvalue weighted by atomic mass is 14.5. The molecule has 0 bridgehead atoms. The highest BCUT2D eigenvalue weighted by molar-refractivity contribution is 5.33. The molecule has 4 N–H and O–H groups in total. The molecule has 2 aromatic rings. The van der Waals surface area contributed by atoms with E-state index in [1.165, 1.54) is 39.0 Å². The third-order valence-corrected chi connectivity index (χ3v) is 5.16. The minimum absolute atomic E-state index is 0.551.